The van der Waals surface area contributed by atoms with E-state index in [2.05, 4.69) is 33.8 Å². The normalized spacial score (nSPS) is 10.7. The molecule has 0 aliphatic rings. The van der Waals surface area contributed by atoms with Crippen molar-refractivity contribution >= 4 is 33.5 Å². The molecule has 0 amide bonds. The van der Waals surface area contributed by atoms with Crippen LogP contribution in [0.1, 0.15) is 0 Å². The molecule has 0 unspecified atom stereocenters. The lowest BCUT2D eigenvalue weighted by molar-refractivity contribution is 0.412. The number of fused-ring (bicyclic) bond motifs is 1. The lowest BCUT2D eigenvalue weighted by Gasteiger charge is -2.01. The van der Waals surface area contributed by atoms with Gasteiger partial charge in [-0.15, -0.1) is 0 Å². The van der Waals surface area contributed by atoms with Gasteiger partial charge in [-0.2, -0.15) is 5.10 Å². The first-order chi connectivity index (χ1) is 6.20. The van der Waals surface area contributed by atoms with Gasteiger partial charge in [0.1, 0.15) is 5.75 Å². The van der Waals surface area contributed by atoms with E-state index in [0.29, 0.717) is 0 Å². The van der Waals surface area contributed by atoms with Gasteiger partial charge >= 0.3 is 0 Å². The molecule has 0 atom stereocenters. The predicted octanol–water partition coefficient (Wildman–Crippen LogP) is 2.19. The van der Waals surface area contributed by atoms with Crippen LogP contribution < -0.4 is 4.74 Å². The summed E-state index contributed by atoms with van der Waals surface area (Å²) in [4.78, 5) is 0. The van der Waals surface area contributed by atoms with Gasteiger partial charge in [-0.1, -0.05) is 0 Å². The number of rotatable bonds is 1. The summed E-state index contributed by atoms with van der Waals surface area (Å²) in [5.74, 6) is 0.881. The molecule has 0 saturated heterocycles. The second-order valence-corrected chi connectivity index (χ2v) is 4.01. The van der Waals surface area contributed by atoms with Crippen molar-refractivity contribution in [1.29, 1.82) is 0 Å². The Morgan fingerprint density at radius 2 is 2.23 bits per heavy atom. The maximum Gasteiger partial charge on any atom is 0.134 e. The van der Waals surface area contributed by atoms with Crippen LogP contribution in [-0.4, -0.2) is 16.9 Å². The highest BCUT2D eigenvalue weighted by Crippen LogP contribution is 2.25. The minimum absolute atomic E-state index is 0.881. The molecule has 13 heavy (non-hydrogen) atoms. The molecule has 0 radical (unpaired) electrons. The molecule has 1 aromatic heterocycles. The van der Waals surface area contributed by atoms with Crippen LogP contribution in [0.5, 0.6) is 5.75 Å². The third-order valence-corrected chi connectivity index (χ3v) is 2.74. The second-order valence-electron chi connectivity index (χ2n) is 2.85. The van der Waals surface area contributed by atoms with Gasteiger partial charge in [-0.05, 0) is 28.7 Å². The summed E-state index contributed by atoms with van der Waals surface area (Å²) < 4.78 is 8.12. The lowest BCUT2D eigenvalue weighted by Crippen LogP contribution is -1.87. The van der Waals surface area contributed by atoms with E-state index in [1.54, 1.807) is 11.8 Å². The van der Waals surface area contributed by atoms with Crippen molar-refractivity contribution in [3.8, 4) is 5.75 Å². The summed E-state index contributed by atoms with van der Waals surface area (Å²) in [5.41, 5.74) is 0.972. The number of ether oxygens (including phenoxy) is 1. The van der Waals surface area contributed by atoms with Crippen LogP contribution in [0, 0.1) is 3.57 Å². The number of halogens is 1. The van der Waals surface area contributed by atoms with Crippen molar-refractivity contribution in [2.24, 2.45) is 7.05 Å². The van der Waals surface area contributed by atoms with Gasteiger partial charge in [0.15, 0.2) is 0 Å². The van der Waals surface area contributed by atoms with Crippen molar-refractivity contribution in [3.63, 3.8) is 0 Å². The van der Waals surface area contributed by atoms with Gasteiger partial charge in [0.2, 0.25) is 0 Å². The molecule has 3 nitrogen and oxygen atoms in total. The van der Waals surface area contributed by atoms with Crippen molar-refractivity contribution in [3.05, 3.63) is 21.9 Å². The summed E-state index contributed by atoms with van der Waals surface area (Å²) in [5, 5.41) is 5.44. The summed E-state index contributed by atoms with van der Waals surface area (Å²) in [6, 6.07) is 4.03. The average Bonchev–Trinajstić information content (AvgIpc) is 2.42. The molecule has 0 aliphatic heterocycles. The molecule has 0 N–H and O–H groups in total. The summed E-state index contributed by atoms with van der Waals surface area (Å²) in [7, 11) is 3.59. The van der Waals surface area contributed by atoms with E-state index in [1.807, 2.05) is 19.3 Å². The van der Waals surface area contributed by atoms with Crippen LogP contribution >= 0.6 is 22.6 Å². The molecule has 0 spiro atoms. The van der Waals surface area contributed by atoms with Gasteiger partial charge in [0.05, 0.1) is 16.2 Å². The standard InChI is InChI=1S/C9H9IN2O/c1-12-5-6-3-7(10)9(13-2)4-8(6)11-12/h3-5H,1-2H3. The topological polar surface area (TPSA) is 27.1 Å². The van der Waals surface area contributed by atoms with E-state index >= 15 is 0 Å². The van der Waals surface area contributed by atoms with E-state index in [9.17, 15) is 0 Å². The van der Waals surface area contributed by atoms with E-state index in [0.717, 1.165) is 20.2 Å². The Hall–Kier alpha value is -0.780. The zero-order valence-corrected chi connectivity index (χ0v) is 9.57. The molecule has 1 aromatic carbocycles. The van der Waals surface area contributed by atoms with Gasteiger partial charge < -0.3 is 4.74 Å². The highest BCUT2D eigenvalue weighted by Gasteiger charge is 2.04. The Labute approximate surface area is 89.8 Å². The highest BCUT2D eigenvalue weighted by molar-refractivity contribution is 14.1. The summed E-state index contributed by atoms with van der Waals surface area (Å²) in [6.07, 6.45) is 2.00. The smallest absolute Gasteiger partial charge is 0.134 e. The Kier molecular flexibility index (Phi) is 2.15. The van der Waals surface area contributed by atoms with E-state index in [4.69, 9.17) is 4.74 Å². The Bertz CT molecular complexity index is 450. The number of hydrogen-bond acceptors (Lipinski definition) is 2. The largest absolute Gasteiger partial charge is 0.496 e. The van der Waals surface area contributed by atoms with Crippen LogP contribution in [0.2, 0.25) is 0 Å². The molecule has 1 heterocycles. The van der Waals surface area contributed by atoms with Gasteiger partial charge in [0.25, 0.3) is 0 Å². The van der Waals surface area contributed by atoms with Gasteiger partial charge in [-0.25, -0.2) is 0 Å². The van der Waals surface area contributed by atoms with E-state index in [1.165, 1.54) is 0 Å². The Morgan fingerprint density at radius 3 is 2.92 bits per heavy atom. The second kappa shape index (κ2) is 3.17. The monoisotopic (exact) mass is 288 g/mol. The third kappa shape index (κ3) is 1.50. The maximum atomic E-state index is 5.21. The predicted molar refractivity (Wildman–Crippen MR) is 60.0 cm³/mol. The van der Waals surface area contributed by atoms with Crippen LogP contribution in [0.3, 0.4) is 0 Å². The minimum atomic E-state index is 0.881. The highest BCUT2D eigenvalue weighted by atomic mass is 127. The van der Waals surface area contributed by atoms with Gasteiger partial charge in [-0.3, -0.25) is 4.68 Å². The molecule has 0 fully saturated rings. The number of hydrogen-bond donors (Lipinski definition) is 0. The zero-order chi connectivity index (χ0) is 9.42. The first-order valence-corrected chi connectivity index (χ1v) is 4.95. The fourth-order valence-electron chi connectivity index (χ4n) is 1.30. The number of nitrogens with zero attached hydrogens (tertiary/aromatic N) is 2. The molecular weight excluding hydrogens is 279 g/mol. The molecule has 4 heteroatoms. The number of methoxy groups -OCH3 is 1. The van der Waals surface area contributed by atoms with Crippen molar-refractivity contribution in [1.82, 2.24) is 9.78 Å². The number of aromatic nitrogens is 2. The van der Waals surface area contributed by atoms with Crippen LogP contribution in [0.4, 0.5) is 0 Å². The maximum absolute atomic E-state index is 5.21. The van der Waals surface area contributed by atoms with Gasteiger partial charge in [0, 0.05) is 24.7 Å². The third-order valence-electron chi connectivity index (χ3n) is 1.89. The molecule has 0 saturated carbocycles. The van der Waals surface area contributed by atoms with Crippen molar-refractivity contribution < 1.29 is 4.74 Å². The first-order valence-electron chi connectivity index (χ1n) is 3.87. The fourth-order valence-corrected chi connectivity index (χ4v) is 2.02. The van der Waals surface area contributed by atoms with Crippen LogP contribution in [0.25, 0.3) is 10.9 Å². The first kappa shape index (κ1) is 8.80. The van der Waals surface area contributed by atoms with Crippen molar-refractivity contribution in [2.45, 2.75) is 0 Å². The quantitative estimate of drug-likeness (QED) is 0.752. The molecule has 68 valence electrons. The molecule has 0 aliphatic carbocycles. The Morgan fingerprint density at radius 1 is 1.46 bits per heavy atom. The number of benzene rings is 1. The minimum Gasteiger partial charge on any atom is -0.496 e. The molecular formula is C9H9IN2O. The van der Waals surface area contributed by atoms with Crippen LogP contribution in [0.15, 0.2) is 18.3 Å². The van der Waals surface area contributed by atoms with Crippen LogP contribution in [-0.2, 0) is 7.05 Å². The molecule has 0 bridgehead atoms. The van der Waals surface area contributed by atoms with E-state index in [-0.39, 0.29) is 0 Å². The molecule has 2 rings (SSSR count). The fraction of sp³-hybridized carbons (Fsp3) is 0.222. The SMILES string of the molecule is COc1cc2nn(C)cc2cc1I. The Balaban J connectivity index is 2.72. The summed E-state index contributed by atoms with van der Waals surface area (Å²) in [6.45, 7) is 0. The average molecular weight is 288 g/mol. The summed E-state index contributed by atoms with van der Waals surface area (Å²) >= 11 is 2.26. The van der Waals surface area contributed by atoms with Crippen molar-refractivity contribution in [2.75, 3.05) is 7.11 Å². The van der Waals surface area contributed by atoms with E-state index < -0.39 is 0 Å². The molecule has 2 aromatic rings. The zero-order valence-electron chi connectivity index (χ0n) is 7.41. The number of aryl methyl sites for hydroxylation is 1. The lowest BCUT2D eigenvalue weighted by atomic mass is 10.2.